The Morgan fingerprint density at radius 2 is 1.86 bits per heavy atom. The zero-order valence-electron chi connectivity index (χ0n) is 13.8. The predicted molar refractivity (Wildman–Crippen MR) is 95.9 cm³/mol. The molecule has 1 N–H and O–H groups in total. The summed E-state index contributed by atoms with van der Waals surface area (Å²) in [7, 11) is 4.10. The monoisotopic (exact) mass is 364 g/mol. The molecule has 0 aliphatic carbocycles. The number of nitrogens with zero attached hydrogens (tertiary/aromatic N) is 3. The Balaban J connectivity index is 2.48. The summed E-state index contributed by atoms with van der Waals surface area (Å²) in [5.41, 5.74) is 2.36. The molecule has 5 heteroatoms. The van der Waals surface area contributed by atoms with E-state index in [4.69, 9.17) is 4.98 Å². The minimum absolute atomic E-state index is 0.296. The van der Waals surface area contributed by atoms with Gasteiger partial charge in [0, 0.05) is 19.2 Å². The van der Waals surface area contributed by atoms with Crippen molar-refractivity contribution in [1.82, 2.24) is 19.8 Å². The van der Waals surface area contributed by atoms with Crippen molar-refractivity contribution < 1.29 is 0 Å². The van der Waals surface area contributed by atoms with Gasteiger partial charge in [-0.2, -0.15) is 0 Å². The molecule has 0 fully saturated rings. The molecule has 0 bridgehead atoms. The van der Waals surface area contributed by atoms with E-state index in [0.717, 1.165) is 35.6 Å². The van der Waals surface area contributed by atoms with E-state index in [1.165, 1.54) is 5.69 Å². The second-order valence-corrected chi connectivity index (χ2v) is 6.08. The zero-order valence-corrected chi connectivity index (χ0v) is 15.4. The van der Waals surface area contributed by atoms with Gasteiger partial charge < -0.3 is 9.88 Å². The van der Waals surface area contributed by atoms with Crippen LogP contribution in [0.2, 0.25) is 0 Å². The van der Waals surface area contributed by atoms with Crippen molar-refractivity contribution >= 4 is 15.9 Å². The van der Waals surface area contributed by atoms with Crippen LogP contribution in [0.4, 0.5) is 0 Å². The van der Waals surface area contributed by atoms with Crippen molar-refractivity contribution in [2.45, 2.75) is 19.9 Å². The number of nitrogens with one attached hydrogen (secondary N) is 1. The SMILES string of the molecule is CCN(CC)C(CNC)c1c(Br)nc(-c2ccccc2)n1C. The number of aromatic nitrogens is 2. The predicted octanol–water partition coefficient (Wildman–Crippen LogP) is 3.45. The molecular formula is C17H25BrN4. The van der Waals surface area contributed by atoms with Crippen molar-refractivity contribution in [3.05, 3.63) is 40.6 Å². The van der Waals surface area contributed by atoms with E-state index in [2.05, 4.69) is 63.7 Å². The maximum atomic E-state index is 4.76. The number of hydrogen-bond donors (Lipinski definition) is 1. The van der Waals surface area contributed by atoms with E-state index in [1.807, 2.05) is 25.2 Å². The molecular weight excluding hydrogens is 340 g/mol. The standard InChI is InChI=1S/C17H25BrN4/c1-5-22(6-2)14(12-19-3)15-16(18)20-17(21(15)4)13-10-8-7-9-11-13/h7-11,14,19H,5-6,12H2,1-4H3. The van der Waals surface area contributed by atoms with Crippen LogP contribution in [0.3, 0.4) is 0 Å². The second-order valence-electron chi connectivity index (χ2n) is 5.33. The number of halogens is 1. The van der Waals surface area contributed by atoms with Gasteiger partial charge in [-0.25, -0.2) is 4.98 Å². The third-order valence-corrected chi connectivity index (χ3v) is 4.68. The van der Waals surface area contributed by atoms with E-state index >= 15 is 0 Å². The second kappa shape index (κ2) is 7.90. The maximum absolute atomic E-state index is 4.76. The van der Waals surface area contributed by atoms with Crippen LogP contribution < -0.4 is 5.32 Å². The van der Waals surface area contributed by atoms with Crippen LogP contribution in [0, 0.1) is 0 Å². The third-order valence-electron chi connectivity index (χ3n) is 4.09. The highest BCUT2D eigenvalue weighted by Gasteiger charge is 2.25. The lowest BCUT2D eigenvalue weighted by molar-refractivity contribution is 0.208. The van der Waals surface area contributed by atoms with Crippen LogP contribution in [0.1, 0.15) is 25.6 Å². The lowest BCUT2D eigenvalue weighted by Gasteiger charge is -2.30. The van der Waals surface area contributed by atoms with Gasteiger partial charge in [0.25, 0.3) is 0 Å². The molecule has 0 amide bonds. The first-order chi connectivity index (χ1) is 10.6. The fraction of sp³-hybridized carbons (Fsp3) is 0.471. The normalized spacial score (nSPS) is 12.8. The smallest absolute Gasteiger partial charge is 0.141 e. The fourth-order valence-corrected chi connectivity index (χ4v) is 3.64. The summed E-state index contributed by atoms with van der Waals surface area (Å²) >= 11 is 3.68. The van der Waals surface area contributed by atoms with E-state index in [1.54, 1.807) is 0 Å². The van der Waals surface area contributed by atoms with Crippen LogP contribution in [-0.4, -0.2) is 41.1 Å². The third kappa shape index (κ3) is 3.42. The number of imidazole rings is 1. The average Bonchev–Trinajstić information content (AvgIpc) is 2.83. The summed E-state index contributed by atoms with van der Waals surface area (Å²) in [5, 5.41) is 3.32. The van der Waals surface area contributed by atoms with Gasteiger partial charge >= 0.3 is 0 Å². The van der Waals surface area contributed by atoms with Gasteiger partial charge in [-0.15, -0.1) is 0 Å². The largest absolute Gasteiger partial charge is 0.329 e. The summed E-state index contributed by atoms with van der Waals surface area (Å²) in [6.45, 7) is 7.33. The number of rotatable bonds is 7. The van der Waals surface area contributed by atoms with Crippen LogP contribution in [0.25, 0.3) is 11.4 Å². The number of benzene rings is 1. The topological polar surface area (TPSA) is 33.1 Å². The Morgan fingerprint density at radius 1 is 1.23 bits per heavy atom. The van der Waals surface area contributed by atoms with Crippen LogP contribution in [-0.2, 0) is 7.05 Å². The number of likely N-dealkylation sites (N-methyl/N-ethyl adjacent to an activating group) is 2. The molecule has 1 unspecified atom stereocenters. The summed E-state index contributed by atoms with van der Waals surface area (Å²) in [4.78, 5) is 7.21. The molecule has 4 nitrogen and oxygen atoms in total. The Labute approximate surface area is 141 Å². The molecule has 1 aromatic heterocycles. The van der Waals surface area contributed by atoms with Gasteiger partial charge in [-0.1, -0.05) is 44.2 Å². The molecule has 2 aromatic rings. The summed E-state index contributed by atoms with van der Waals surface area (Å²) in [5.74, 6) is 0.996. The molecule has 1 atom stereocenters. The quantitative estimate of drug-likeness (QED) is 0.816. The fourth-order valence-electron chi connectivity index (χ4n) is 2.94. The molecule has 22 heavy (non-hydrogen) atoms. The summed E-state index contributed by atoms with van der Waals surface area (Å²) in [6.07, 6.45) is 0. The first kappa shape index (κ1) is 17.2. The molecule has 2 rings (SSSR count). The molecule has 1 heterocycles. The van der Waals surface area contributed by atoms with Crippen molar-refractivity contribution in [3.8, 4) is 11.4 Å². The molecule has 120 valence electrons. The van der Waals surface area contributed by atoms with Crippen LogP contribution in [0.5, 0.6) is 0 Å². The molecule has 1 aromatic carbocycles. The molecule has 0 saturated carbocycles. The highest BCUT2D eigenvalue weighted by Crippen LogP contribution is 2.31. The summed E-state index contributed by atoms with van der Waals surface area (Å²) < 4.78 is 3.14. The Hall–Kier alpha value is -1.17. The zero-order chi connectivity index (χ0) is 16.1. The van der Waals surface area contributed by atoms with Crippen LogP contribution in [0.15, 0.2) is 34.9 Å². The molecule has 0 aliphatic rings. The Bertz CT molecular complexity index is 590. The van der Waals surface area contributed by atoms with E-state index in [0.29, 0.717) is 6.04 Å². The van der Waals surface area contributed by atoms with Crippen molar-refractivity contribution in [1.29, 1.82) is 0 Å². The lowest BCUT2D eigenvalue weighted by Crippen LogP contribution is -2.36. The van der Waals surface area contributed by atoms with Gasteiger partial charge in [0.05, 0.1) is 11.7 Å². The Morgan fingerprint density at radius 3 is 2.41 bits per heavy atom. The minimum Gasteiger partial charge on any atom is -0.329 e. The average molecular weight is 365 g/mol. The first-order valence-electron chi connectivity index (χ1n) is 7.80. The number of hydrogen-bond acceptors (Lipinski definition) is 3. The first-order valence-corrected chi connectivity index (χ1v) is 8.59. The summed E-state index contributed by atoms with van der Waals surface area (Å²) in [6, 6.07) is 10.6. The van der Waals surface area contributed by atoms with Crippen molar-refractivity contribution in [2.75, 3.05) is 26.7 Å². The van der Waals surface area contributed by atoms with Crippen molar-refractivity contribution in [2.24, 2.45) is 7.05 Å². The van der Waals surface area contributed by atoms with Gasteiger partial charge in [-0.3, -0.25) is 4.90 Å². The Kier molecular flexibility index (Phi) is 6.17. The highest BCUT2D eigenvalue weighted by molar-refractivity contribution is 9.10. The molecule has 0 spiro atoms. The van der Waals surface area contributed by atoms with E-state index in [9.17, 15) is 0 Å². The van der Waals surface area contributed by atoms with Crippen LogP contribution >= 0.6 is 15.9 Å². The molecule has 0 radical (unpaired) electrons. The van der Waals surface area contributed by atoms with Gasteiger partial charge in [0.15, 0.2) is 0 Å². The highest BCUT2D eigenvalue weighted by atomic mass is 79.9. The van der Waals surface area contributed by atoms with Crippen molar-refractivity contribution in [3.63, 3.8) is 0 Å². The molecule has 0 saturated heterocycles. The van der Waals surface area contributed by atoms with Gasteiger partial charge in [-0.05, 0) is 36.1 Å². The lowest BCUT2D eigenvalue weighted by atomic mass is 10.1. The molecule has 0 aliphatic heterocycles. The van der Waals surface area contributed by atoms with E-state index < -0.39 is 0 Å². The van der Waals surface area contributed by atoms with Gasteiger partial charge in [0.2, 0.25) is 0 Å². The van der Waals surface area contributed by atoms with Gasteiger partial charge in [0.1, 0.15) is 10.4 Å². The minimum atomic E-state index is 0.296. The van der Waals surface area contributed by atoms with E-state index in [-0.39, 0.29) is 0 Å². The maximum Gasteiger partial charge on any atom is 0.141 e.